The molecule has 0 saturated heterocycles. The molecule has 2 atom stereocenters. The highest BCUT2D eigenvalue weighted by molar-refractivity contribution is 5.88. The fourth-order valence-electron chi connectivity index (χ4n) is 6.15. The van der Waals surface area contributed by atoms with Crippen LogP contribution in [0.2, 0.25) is 0 Å². The highest BCUT2D eigenvalue weighted by atomic mass is 16.6. The SMILES string of the molecule is O=C(/C=C/c1ccc(O)cc1)OCC(O)COC(=O)C1C(c2ccc(O)cc2)C(C(=O)OCC(O)COC(=O)/C=C/c2ccc(O)cc2)C1c1ccc(O)cc1. The van der Waals surface area contributed by atoms with E-state index in [-0.39, 0.29) is 23.0 Å². The first-order valence-electron chi connectivity index (χ1n) is 17.4. The van der Waals surface area contributed by atoms with Crippen LogP contribution in [0.15, 0.2) is 109 Å². The van der Waals surface area contributed by atoms with Gasteiger partial charge in [0.2, 0.25) is 0 Å². The summed E-state index contributed by atoms with van der Waals surface area (Å²) in [4.78, 5) is 51.9. The summed E-state index contributed by atoms with van der Waals surface area (Å²) < 4.78 is 21.1. The smallest absolute Gasteiger partial charge is 0.330 e. The Hall–Kier alpha value is -6.64. The maximum absolute atomic E-state index is 13.8. The number of aliphatic hydroxyl groups is 2. The van der Waals surface area contributed by atoms with Crippen molar-refractivity contribution in [2.75, 3.05) is 26.4 Å². The van der Waals surface area contributed by atoms with Gasteiger partial charge in [-0.2, -0.15) is 0 Å². The van der Waals surface area contributed by atoms with Gasteiger partial charge in [0.05, 0.1) is 11.8 Å². The minimum absolute atomic E-state index is 0.0624. The second-order valence-electron chi connectivity index (χ2n) is 13.0. The third kappa shape index (κ3) is 11.2. The Morgan fingerprint density at radius 3 is 1.07 bits per heavy atom. The van der Waals surface area contributed by atoms with Gasteiger partial charge in [0.25, 0.3) is 0 Å². The van der Waals surface area contributed by atoms with Crippen LogP contribution in [0.4, 0.5) is 0 Å². The van der Waals surface area contributed by atoms with Gasteiger partial charge in [0.15, 0.2) is 0 Å². The predicted molar refractivity (Wildman–Crippen MR) is 199 cm³/mol. The Balaban J connectivity index is 1.23. The molecule has 0 radical (unpaired) electrons. The largest absolute Gasteiger partial charge is 0.508 e. The number of hydrogen-bond acceptors (Lipinski definition) is 14. The van der Waals surface area contributed by atoms with Gasteiger partial charge in [-0.25, -0.2) is 9.59 Å². The van der Waals surface area contributed by atoms with Crippen molar-refractivity contribution in [1.29, 1.82) is 0 Å². The van der Waals surface area contributed by atoms with Gasteiger partial charge >= 0.3 is 23.9 Å². The molecule has 1 aliphatic carbocycles. The Labute approximate surface area is 321 Å². The standard InChI is InChI=1S/C42H40O14/c43-29-11-1-25(2-12-29)5-19-35(49)53-21-33(47)23-55-41(51)39-37(27-7-15-31(45)16-8-27)40(38(39)28-9-17-32(46)18-10-28)42(52)56-24-34(48)22-54-36(50)20-6-26-3-13-30(44)14-4-26/h1-20,33-34,37-40,43-48H,21-24H2/b19-5+,20-6+. The fraction of sp³-hybridized carbons (Fsp3) is 0.238. The van der Waals surface area contributed by atoms with Crippen molar-refractivity contribution in [3.05, 3.63) is 131 Å². The van der Waals surface area contributed by atoms with Crippen LogP contribution in [-0.4, -0.2) is 93.2 Å². The summed E-state index contributed by atoms with van der Waals surface area (Å²) in [6, 6.07) is 23.8. The number of phenols is 4. The van der Waals surface area contributed by atoms with Crippen LogP contribution in [0.3, 0.4) is 0 Å². The third-order valence-electron chi connectivity index (χ3n) is 8.93. The molecule has 4 aromatic carbocycles. The van der Waals surface area contributed by atoms with Crippen LogP contribution >= 0.6 is 0 Å². The number of aliphatic hydroxyl groups excluding tert-OH is 2. The van der Waals surface area contributed by atoms with Crippen LogP contribution in [0.1, 0.15) is 34.1 Å². The summed E-state index contributed by atoms with van der Waals surface area (Å²) in [6.45, 7) is -2.11. The van der Waals surface area contributed by atoms with Crippen molar-refractivity contribution in [2.24, 2.45) is 11.8 Å². The highest BCUT2D eigenvalue weighted by Crippen LogP contribution is 2.58. The van der Waals surface area contributed by atoms with E-state index in [2.05, 4.69) is 0 Å². The molecular formula is C42H40O14. The zero-order chi connectivity index (χ0) is 40.2. The number of hydrogen-bond donors (Lipinski definition) is 6. The van der Waals surface area contributed by atoms with Crippen molar-refractivity contribution in [1.82, 2.24) is 0 Å². The maximum Gasteiger partial charge on any atom is 0.330 e. The molecule has 1 fully saturated rings. The summed E-state index contributed by atoms with van der Waals surface area (Å²) in [5.74, 6) is -6.92. The van der Waals surface area contributed by atoms with Gasteiger partial charge in [0, 0.05) is 24.0 Å². The van der Waals surface area contributed by atoms with E-state index in [4.69, 9.17) is 18.9 Å². The van der Waals surface area contributed by atoms with E-state index in [0.29, 0.717) is 22.3 Å². The third-order valence-corrected chi connectivity index (χ3v) is 8.93. The minimum Gasteiger partial charge on any atom is -0.508 e. The van der Waals surface area contributed by atoms with Crippen LogP contribution in [0.5, 0.6) is 23.0 Å². The predicted octanol–water partition coefficient (Wildman–Crippen LogP) is 3.94. The molecule has 14 nitrogen and oxygen atoms in total. The van der Waals surface area contributed by atoms with E-state index in [0.717, 1.165) is 12.2 Å². The summed E-state index contributed by atoms with van der Waals surface area (Å²) in [7, 11) is 0. The number of carbonyl (C=O) groups excluding carboxylic acids is 4. The Morgan fingerprint density at radius 1 is 0.464 bits per heavy atom. The molecule has 0 amide bonds. The topological polar surface area (TPSA) is 227 Å². The molecule has 0 aromatic heterocycles. The maximum atomic E-state index is 13.8. The minimum atomic E-state index is -1.40. The van der Waals surface area contributed by atoms with Crippen molar-refractivity contribution in [3.63, 3.8) is 0 Å². The molecule has 14 heteroatoms. The van der Waals surface area contributed by atoms with E-state index in [9.17, 15) is 49.8 Å². The molecule has 292 valence electrons. The Morgan fingerprint density at radius 2 is 0.750 bits per heavy atom. The van der Waals surface area contributed by atoms with Gasteiger partial charge in [-0.1, -0.05) is 48.5 Å². The van der Waals surface area contributed by atoms with Gasteiger partial charge in [-0.15, -0.1) is 0 Å². The average molecular weight is 769 g/mol. The molecule has 4 aromatic rings. The molecule has 56 heavy (non-hydrogen) atoms. The summed E-state index contributed by atoms with van der Waals surface area (Å²) in [5, 5.41) is 59.7. The van der Waals surface area contributed by atoms with Crippen LogP contribution in [0.25, 0.3) is 12.2 Å². The van der Waals surface area contributed by atoms with Crippen molar-refractivity contribution in [3.8, 4) is 23.0 Å². The monoisotopic (exact) mass is 768 g/mol. The number of aromatic hydroxyl groups is 4. The summed E-state index contributed by atoms with van der Waals surface area (Å²) in [5.41, 5.74) is 2.20. The normalized spacial score (nSPS) is 18.8. The second-order valence-corrected chi connectivity index (χ2v) is 13.0. The molecule has 0 bridgehead atoms. The zero-order valence-corrected chi connectivity index (χ0v) is 29.8. The van der Waals surface area contributed by atoms with Crippen LogP contribution in [0, 0.1) is 11.8 Å². The zero-order valence-electron chi connectivity index (χ0n) is 29.8. The molecule has 0 aliphatic heterocycles. The second kappa shape index (κ2) is 19.1. The fourth-order valence-corrected chi connectivity index (χ4v) is 6.15. The van der Waals surface area contributed by atoms with Crippen LogP contribution < -0.4 is 0 Å². The van der Waals surface area contributed by atoms with Gasteiger partial charge in [0.1, 0.15) is 61.6 Å². The molecule has 1 saturated carbocycles. The number of benzene rings is 4. The molecule has 2 unspecified atom stereocenters. The van der Waals surface area contributed by atoms with Crippen molar-refractivity contribution < 1.29 is 68.8 Å². The number of phenolic OH excluding ortho intramolecular Hbond substituents is 4. The molecule has 5 rings (SSSR count). The van der Waals surface area contributed by atoms with Gasteiger partial charge < -0.3 is 49.6 Å². The van der Waals surface area contributed by atoms with E-state index in [1.54, 1.807) is 24.3 Å². The van der Waals surface area contributed by atoms with E-state index in [1.165, 1.54) is 84.9 Å². The lowest BCUT2D eigenvalue weighted by molar-refractivity contribution is -0.171. The lowest BCUT2D eigenvalue weighted by Crippen LogP contribution is -2.52. The first kappa shape index (κ1) is 40.5. The van der Waals surface area contributed by atoms with Crippen molar-refractivity contribution in [2.45, 2.75) is 24.0 Å². The Bertz CT molecular complexity index is 1850. The molecule has 0 spiro atoms. The lowest BCUT2D eigenvalue weighted by atomic mass is 9.52. The molecule has 6 N–H and O–H groups in total. The number of carbonyl (C=O) groups is 4. The van der Waals surface area contributed by atoms with Gasteiger partial charge in [-0.05, 0) is 82.9 Å². The number of ether oxygens (including phenoxy) is 4. The number of esters is 4. The van der Waals surface area contributed by atoms with Crippen molar-refractivity contribution >= 4 is 36.0 Å². The first-order valence-corrected chi connectivity index (χ1v) is 17.4. The van der Waals surface area contributed by atoms with E-state index in [1.807, 2.05) is 0 Å². The number of rotatable bonds is 16. The van der Waals surface area contributed by atoms with E-state index >= 15 is 0 Å². The quantitative estimate of drug-likeness (QED) is 0.0540. The summed E-state index contributed by atoms with van der Waals surface area (Å²) in [6.07, 6.45) is 2.37. The lowest BCUT2D eigenvalue weighted by Gasteiger charge is -2.49. The average Bonchev–Trinajstić information content (AvgIpc) is 3.18. The Kier molecular flexibility index (Phi) is 13.8. The molecule has 0 heterocycles. The first-order chi connectivity index (χ1) is 26.9. The van der Waals surface area contributed by atoms with E-state index < -0.39 is 86.2 Å². The molecular weight excluding hydrogens is 728 g/mol. The highest BCUT2D eigenvalue weighted by Gasteiger charge is 2.59. The van der Waals surface area contributed by atoms with Crippen LogP contribution in [-0.2, 0) is 38.1 Å². The van der Waals surface area contributed by atoms with Gasteiger partial charge in [-0.3, -0.25) is 9.59 Å². The summed E-state index contributed by atoms with van der Waals surface area (Å²) >= 11 is 0. The molecule has 1 aliphatic rings.